The Bertz CT molecular complexity index is 110. The Kier molecular flexibility index (Phi) is 6.82. The summed E-state index contributed by atoms with van der Waals surface area (Å²) in [6, 6.07) is 0. The van der Waals surface area contributed by atoms with Crippen molar-refractivity contribution in [1.82, 2.24) is 0 Å². The lowest BCUT2D eigenvalue weighted by atomic mass is 10.2. The van der Waals surface area contributed by atoms with Gasteiger partial charge < -0.3 is 16.6 Å². The monoisotopic (exact) mass is 159 g/mol. The van der Waals surface area contributed by atoms with Crippen LogP contribution >= 0.6 is 0 Å². The lowest BCUT2D eigenvalue weighted by Crippen LogP contribution is -2.22. The van der Waals surface area contributed by atoms with Crippen LogP contribution in [0.15, 0.2) is 4.99 Å². The van der Waals surface area contributed by atoms with E-state index in [-0.39, 0.29) is 12.6 Å². The molecule has 11 heavy (non-hydrogen) atoms. The summed E-state index contributed by atoms with van der Waals surface area (Å²) in [6.07, 6.45) is 4.01. The predicted octanol–water partition coefficient (Wildman–Crippen LogP) is -0.188. The third kappa shape index (κ3) is 9.23. The van der Waals surface area contributed by atoms with Crippen molar-refractivity contribution in [2.45, 2.75) is 25.7 Å². The summed E-state index contributed by atoms with van der Waals surface area (Å²) in [5.41, 5.74) is 10.2. The summed E-state index contributed by atoms with van der Waals surface area (Å²) in [5.74, 6) is 0.159. The first-order valence-electron chi connectivity index (χ1n) is 3.93. The molecule has 66 valence electrons. The number of hydrogen-bond acceptors (Lipinski definition) is 2. The van der Waals surface area contributed by atoms with Crippen molar-refractivity contribution < 1.29 is 5.11 Å². The molecule has 0 atom stereocenters. The molecule has 0 saturated carbocycles. The van der Waals surface area contributed by atoms with Gasteiger partial charge in [0.25, 0.3) is 0 Å². The second-order valence-electron chi connectivity index (χ2n) is 2.44. The highest BCUT2D eigenvalue weighted by molar-refractivity contribution is 5.75. The van der Waals surface area contributed by atoms with E-state index in [0.717, 1.165) is 25.7 Å². The van der Waals surface area contributed by atoms with Gasteiger partial charge >= 0.3 is 0 Å². The van der Waals surface area contributed by atoms with Crippen molar-refractivity contribution in [2.24, 2.45) is 16.5 Å². The largest absolute Gasteiger partial charge is 0.396 e. The molecule has 5 N–H and O–H groups in total. The SMILES string of the molecule is NC(N)=NCCCCCCO. The van der Waals surface area contributed by atoms with Crippen LogP contribution in [0.25, 0.3) is 0 Å². The molecule has 0 aliphatic rings. The first-order valence-corrected chi connectivity index (χ1v) is 3.93. The second kappa shape index (κ2) is 7.34. The van der Waals surface area contributed by atoms with Gasteiger partial charge in [0.1, 0.15) is 0 Å². The minimum atomic E-state index is 0.159. The number of aliphatic imine (C=N–C) groups is 1. The molecule has 0 aliphatic carbocycles. The van der Waals surface area contributed by atoms with Gasteiger partial charge in [-0.15, -0.1) is 0 Å². The average molecular weight is 159 g/mol. The average Bonchev–Trinajstić information content (AvgIpc) is 1.96. The molecule has 0 aromatic rings. The minimum Gasteiger partial charge on any atom is -0.396 e. The van der Waals surface area contributed by atoms with E-state index < -0.39 is 0 Å². The summed E-state index contributed by atoms with van der Waals surface area (Å²) in [4.78, 5) is 3.83. The summed E-state index contributed by atoms with van der Waals surface area (Å²) >= 11 is 0. The topological polar surface area (TPSA) is 84.6 Å². The standard InChI is InChI=1S/C7H17N3O/c8-7(9)10-5-3-1-2-4-6-11/h11H,1-6H2,(H4,8,9,10). The molecule has 0 amide bonds. The van der Waals surface area contributed by atoms with Gasteiger partial charge in [-0.05, 0) is 12.8 Å². The van der Waals surface area contributed by atoms with E-state index in [4.69, 9.17) is 16.6 Å². The molecular formula is C7H17N3O. The van der Waals surface area contributed by atoms with Crippen LogP contribution in [0.1, 0.15) is 25.7 Å². The fourth-order valence-corrected chi connectivity index (χ4v) is 0.785. The summed E-state index contributed by atoms with van der Waals surface area (Å²) in [7, 11) is 0. The highest BCUT2D eigenvalue weighted by atomic mass is 16.2. The molecule has 0 radical (unpaired) electrons. The molecule has 0 aromatic carbocycles. The molecule has 0 aromatic heterocycles. The third-order valence-electron chi connectivity index (χ3n) is 1.36. The van der Waals surface area contributed by atoms with Crippen LogP contribution in [0.3, 0.4) is 0 Å². The number of aliphatic hydroxyl groups excluding tert-OH is 1. The molecule has 0 heterocycles. The number of guanidine groups is 1. The maximum Gasteiger partial charge on any atom is 0.185 e. The van der Waals surface area contributed by atoms with Gasteiger partial charge in [0.05, 0.1) is 0 Å². The molecule has 0 rings (SSSR count). The van der Waals surface area contributed by atoms with Gasteiger partial charge in [-0.25, -0.2) is 0 Å². The number of unbranched alkanes of at least 4 members (excludes halogenated alkanes) is 3. The summed E-state index contributed by atoms with van der Waals surface area (Å²) in [6.45, 7) is 0.982. The van der Waals surface area contributed by atoms with E-state index in [9.17, 15) is 0 Å². The number of rotatable bonds is 6. The van der Waals surface area contributed by atoms with E-state index in [0.29, 0.717) is 6.54 Å². The Morgan fingerprint density at radius 3 is 2.27 bits per heavy atom. The summed E-state index contributed by atoms with van der Waals surface area (Å²) < 4.78 is 0. The van der Waals surface area contributed by atoms with Crippen LogP contribution in [-0.2, 0) is 0 Å². The Hall–Kier alpha value is -0.770. The maximum atomic E-state index is 8.44. The fraction of sp³-hybridized carbons (Fsp3) is 0.857. The van der Waals surface area contributed by atoms with E-state index in [1.54, 1.807) is 0 Å². The van der Waals surface area contributed by atoms with Crippen molar-refractivity contribution >= 4 is 5.96 Å². The number of nitrogens with zero attached hydrogens (tertiary/aromatic N) is 1. The molecule has 0 spiro atoms. The minimum absolute atomic E-state index is 0.159. The van der Waals surface area contributed by atoms with Gasteiger partial charge in [0.15, 0.2) is 5.96 Å². The molecular weight excluding hydrogens is 142 g/mol. The van der Waals surface area contributed by atoms with Crippen molar-refractivity contribution in [3.8, 4) is 0 Å². The van der Waals surface area contributed by atoms with Crippen LogP contribution in [0.4, 0.5) is 0 Å². The zero-order valence-corrected chi connectivity index (χ0v) is 6.79. The van der Waals surface area contributed by atoms with Crippen LogP contribution in [0.2, 0.25) is 0 Å². The quantitative estimate of drug-likeness (QED) is 0.285. The van der Waals surface area contributed by atoms with Gasteiger partial charge in [-0.2, -0.15) is 0 Å². The van der Waals surface area contributed by atoms with Crippen molar-refractivity contribution in [1.29, 1.82) is 0 Å². The Balaban J connectivity index is 2.97. The number of nitrogens with two attached hydrogens (primary N) is 2. The maximum absolute atomic E-state index is 8.44. The first kappa shape index (κ1) is 10.2. The van der Waals surface area contributed by atoms with E-state index >= 15 is 0 Å². The Morgan fingerprint density at radius 2 is 1.73 bits per heavy atom. The highest BCUT2D eigenvalue weighted by Gasteiger charge is 1.87. The Morgan fingerprint density at radius 1 is 1.09 bits per heavy atom. The van der Waals surface area contributed by atoms with Crippen molar-refractivity contribution in [2.75, 3.05) is 13.2 Å². The van der Waals surface area contributed by atoms with Crippen LogP contribution in [0.5, 0.6) is 0 Å². The van der Waals surface area contributed by atoms with Gasteiger partial charge in [-0.1, -0.05) is 12.8 Å². The molecule has 4 nitrogen and oxygen atoms in total. The molecule has 0 aliphatic heterocycles. The predicted molar refractivity (Wildman–Crippen MR) is 46.2 cm³/mol. The lowest BCUT2D eigenvalue weighted by molar-refractivity contribution is 0.282. The molecule has 0 fully saturated rings. The zero-order chi connectivity index (χ0) is 8.53. The smallest absolute Gasteiger partial charge is 0.185 e. The second-order valence-corrected chi connectivity index (χ2v) is 2.44. The van der Waals surface area contributed by atoms with E-state index in [1.165, 1.54) is 0 Å². The lowest BCUT2D eigenvalue weighted by Gasteiger charge is -1.96. The van der Waals surface area contributed by atoms with E-state index in [1.807, 2.05) is 0 Å². The van der Waals surface area contributed by atoms with Gasteiger partial charge in [0, 0.05) is 13.2 Å². The first-order chi connectivity index (χ1) is 5.27. The van der Waals surface area contributed by atoms with Crippen molar-refractivity contribution in [3.63, 3.8) is 0 Å². The highest BCUT2D eigenvalue weighted by Crippen LogP contribution is 1.98. The van der Waals surface area contributed by atoms with Crippen molar-refractivity contribution in [3.05, 3.63) is 0 Å². The zero-order valence-electron chi connectivity index (χ0n) is 6.79. The fourth-order valence-electron chi connectivity index (χ4n) is 0.785. The van der Waals surface area contributed by atoms with Crippen LogP contribution < -0.4 is 11.5 Å². The summed E-state index contributed by atoms with van der Waals surface area (Å²) in [5, 5.41) is 8.44. The van der Waals surface area contributed by atoms with Gasteiger partial charge in [0.2, 0.25) is 0 Å². The molecule has 4 heteroatoms. The van der Waals surface area contributed by atoms with E-state index in [2.05, 4.69) is 4.99 Å². The third-order valence-corrected chi connectivity index (χ3v) is 1.36. The number of hydrogen-bond donors (Lipinski definition) is 3. The molecule has 0 saturated heterocycles. The van der Waals surface area contributed by atoms with Crippen LogP contribution in [0, 0.1) is 0 Å². The number of aliphatic hydroxyl groups is 1. The normalized spacial score (nSPS) is 9.55. The Labute approximate surface area is 67.3 Å². The van der Waals surface area contributed by atoms with Crippen LogP contribution in [-0.4, -0.2) is 24.2 Å². The van der Waals surface area contributed by atoms with Gasteiger partial charge in [-0.3, -0.25) is 4.99 Å². The molecule has 0 unspecified atom stereocenters. The molecule has 0 bridgehead atoms.